The molecule has 1 aliphatic carbocycles. The van der Waals surface area contributed by atoms with Gasteiger partial charge in [0.2, 0.25) is 0 Å². The molecule has 0 spiro atoms. The number of nitrogens with one attached hydrogen (secondary N) is 1. The van der Waals surface area contributed by atoms with E-state index in [0.29, 0.717) is 23.2 Å². The molecule has 2 rings (SSSR count). The lowest BCUT2D eigenvalue weighted by molar-refractivity contribution is 0.262. The van der Waals surface area contributed by atoms with Gasteiger partial charge >= 0.3 is 0 Å². The van der Waals surface area contributed by atoms with Crippen LogP contribution >= 0.6 is 11.6 Å². The minimum absolute atomic E-state index is 0.0954. The van der Waals surface area contributed by atoms with Gasteiger partial charge in [-0.25, -0.2) is 4.68 Å². The molecule has 1 aromatic rings. The number of nitrogens with zero attached hydrogens (tertiary/aromatic N) is 3. The molecule has 1 aliphatic rings. The van der Waals surface area contributed by atoms with E-state index in [4.69, 9.17) is 11.6 Å². The summed E-state index contributed by atoms with van der Waals surface area (Å²) in [7, 11) is 4.12. The molecule has 1 aromatic heterocycles. The number of rotatable bonds is 8. The monoisotopic (exact) mass is 312 g/mol. The second kappa shape index (κ2) is 7.80. The molecule has 1 N–H and O–H groups in total. The summed E-state index contributed by atoms with van der Waals surface area (Å²) in [5.41, 5.74) is 0.401. The number of aromatic nitrogens is 2. The van der Waals surface area contributed by atoms with E-state index in [1.165, 1.54) is 19.3 Å². The summed E-state index contributed by atoms with van der Waals surface area (Å²) >= 11 is 6.10. The summed E-state index contributed by atoms with van der Waals surface area (Å²) in [6.07, 6.45) is 7.35. The molecule has 0 aromatic carbocycles. The van der Waals surface area contributed by atoms with E-state index in [9.17, 15) is 4.79 Å². The Hall–Kier alpha value is -1.07. The Kier molecular flexibility index (Phi) is 6.06. The zero-order valence-electron chi connectivity index (χ0n) is 12.9. The molecule has 0 unspecified atom stereocenters. The zero-order valence-corrected chi connectivity index (χ0v) is 13.7. The first-order valence-corrected chi connectivity index (χ1v) is 8.10. The Morgan fingerprint density at radius 1 is 1.43 bits per heavy atom. The first kappa shape index (κ1) is 16.3. The van der Waals surface area contributed by atoms with Crippen molar-refractivity contribution in [2.75, 3.05) is 32.5 Å². The Balaban J connectivity index is 1.91. The van der Waals surface area contributed by atoms with E-state index in [-0.39, 0.29) is 5.56 Å². The third-order valence-electron chi connectivity index (χ3n) is 3.99. The maximum Gasteiger partial charge on any atom is 0.291 e. The molecule has 0 bridgehead atoms. The lowest BCUT2D eigenvalue weighted by Crippen LogP contribution is -2.31. The van der Waals surface area contributed by atoms with Gasteiger partial charge in [0.1, 0.15) is 5.69 Å². The molecule has 6 heteroatoms. The van der Waals surface area contributed by atoms with Crippen molar-refractivity contribution in [3.8, 4) is 0 Å². The van der Waals surface area contributed by atoms with Crippen molar-refractivity contribution in [2.45, 2.75) is 38.6 Å². The highest BCUT2D eigenvalue weighted by molar-refractivity contribution is 6.32. The van der Waals surface area contributed by atoms with Gasteiger partial charge in [0.25, 0.3) is 5.56 Å². The highest BCUT2D eigenvalue weighted by atomic mass is 35.5. The molecule has 0 atom stereocenters. The van der Waals surface area contributed by atoms with Crippen LogP contribution in [0.15, 0.2) is 11.0 Å². The standard InChI is InChI=1S/C15H25ClN4O/c1-19(2)9-4-3-8-17-14-13(16)10-18-20(15(14)21)11-12-6-5-7-12/h10,12,17H,3-9,11H2,1-2H3. The van der Waals surface area contributed by atoms with Crippen LogP contribution in [0, 0.1) is 5.92 Å². The smallest absolute Gasteiger partial charge is 0.291 e. The summed E-state index contributed by atoms with van der Waals surface area (Å²) in [6, 6.07) is 0. The lowest BCUT2D eigenvalue weighted by Gasteiger charge is -2.25. The molecule has 21 heavy (non-hydrogen) atoms. The third-order valence-corrected chi connectivity index (χ3v) is 4.27. The maximum absolute atomic E-state index is 12.4. The van der Waals surface area contributed by atoms with Gasteiger partial charge in [0, 0.05) is 13.1 Å². The molecule has 1 heterocycles. The fraction of sp³-hybridized carbons (Fsp3) is 0.733. The van der Waals surface area contributed by atoms with Crippen molar-refractivity contribution in [3.05, 3.63) is 21.6 Å². The topological polar surface area (TPSA) is 50.2 Å². The fourth-order valence-corrected chi connectivity index (χ4v) is 2.64. The summed E-state index contributed by atoms with van der Waals surface area (Å²) in [5.74, 6) is 0.601. The van der Waals surface area contributed by atoms with Gasteiger partial charge in [-0.15, -0.1) is 0 Å². The summed E-state index contributed by atoms with van der Waals surface area (Å²) in [6.45, 7) is 2.53. The second-order valence-corrected chi connectivity index (χ2v) is 6.50. The first-order chi connectivity index (χ1) is 10.1. The molecule has 0 amide bonds. The molecule has 0 radical (unpaired) electrons. The van der Waals surface area contributed by atoms with Crippen molar-refractivity contribution < 1.29 is 0 Å². The number of halogens is 1. The first-order valence-electron chi connectivity index (χ1n) is 7.72. The fourth-order valence-electron chi connectivity index (χ4n) is 2.45. The van der Waals surface area contributed by atoms with E-state index >= 15 is 0 Å². The number of unbranched alkanes of at least 4 members (excludes halogenated alkanes) is 1. The lowest BCUT2D eigenvalue weighted by atomic mass is 9.85. The van der Waals surface area contributed by atoms with E-state index in [1.54, 1.807) is 10.9 Å². The van der Waals surface area contributed by atoms with Gasteiger partial charge in [-0.05, 0) is 52.2 Å². The molecule has 1 saturated carbocycles. The van der Waals surface area contributed by atoms with Crippen LogP contribution in [0.25, 0.3) is 0 Å². The van der Waals surface area contributed by atoms with Gasteiger partial charge in [0.05, 0.1) is 11.2 Å². The van der Waals surface area contributed by atoms with Crippen LogP contribution in [-0.2, 0) is 6.54 Å². The normalized spacial score (nSPS) is 15.2. The zero-order chi connectivity index (χ0) is 15.2. The molecule has 118 valence electrons. The Labute approximate surface area is 131 Å². The Morgan fingerprint density at radius 2 is 2.19 bits per heavy atom. The van der Waals surface area contributed by atoms with Crippen molar-refractivity contribution in [3.63, 3.8) is 0 Å². The molecule has 5 nitrogen and oxygen atoms in total. The summed E-state index contributed by atoms with van der Waals surface area (Å²) in [4.78, 5) is 14.5. The third kappa shape index (κ3) is 4.71. The van der Waals surface area contributed by atoms with Gasteiger partial charge in [-0.2, -0.15) is 5.10 Å². The average Bonchev–Trinajstić information content (AvgIpc) is 2.38. The largest absolute Gasteiger partial charge is 0.379 e. The van der Waals surface area contributed by atoms with Crippen molar-refractivity contribution in [2.24, 2.45) is 5.92 Å². The van der Waals surface area contributed by atoms with Gasteiger partial charge < -0.3 is 10.2 Å². The second-order valence-electron chi connectivity index (χ2n) is 6.09. The van der Waals surface area contributed by atoms with Crippen molar-refractivity contribution in [1.82, 2.24) is 14.7 Å². The van der Waals surface area contributed by atoms with Crippen LogP contribution < -0.4 is 10.9 Å². The summed E-state index contributed by atoms with van der Waals surface area (Å²) in [5, 5.41) is 7.75. The van der Waals surface area contributed by atoms with E-state index in [2.05, 4.69) is 29.4 Å². The van der Waals surface area contributed by atoms with Gasteiger partial charge in [-0.1, -0.05) is 18.0 Å². The predicted octanol–water partition coefficient (Wildman–Crippen LogP) is 2.45. The van der Waals surface area contributed by atoms with E-state index in [1.807, 2.05) is 0 Å². The van der Waals surface area contributed by atoms with Crippen LogP contribution in [0.1, 0.15) is 32.1 Å². The number of hydrogen-bond donors (Lipinski definition) is 1. The van der Waals surface area contributed by atoms with Gasteiger partial charge in [-0.3, -0.25) is 4.79 Å². The van der Waals surface area contributed by atoms with Crippen molar-refractivity contribution >= 4 is 17.3 Å². The van der Waals surface area contributed by atoms with Gasteiger partial charge in [0.15, 0.2) is 0 Å². The highest BCUT2D eigenvalue weighted by Gasteiger charge is 2.20. The number of hydrogen-bond acceptors (Lipinski definition) is 4. The molecule has 0 aliphatic heterocycles. The number of anilines is 1. The van der Waals surface area contributed by atoms with Crippen LogP contribution in [0.2, 0.25) is 5.02 Å². The highest BCUT2D eigenvalue weighted by Crippen LogP contribution is 2.27. The predicted molar refractivity (Wildman–Crippen MR) is 87.1 cm³/mol. The SMILES string of the molecule is CN(C)CCCCNc1c(Cl)cnn(CC2CCC2)c1=O. The van der Waals surface area contributed by atoms with E-state index in [0.717, 1.165) is 25.9 Å². The van der Waals surface area contributed by atoms with E-state index < -0.39 is 0 Å². The minimum Gasteiger partial charge on any atom is -0.379 e. The summed E-state index contributed by atoms with van der Waals surface area (Å²) < 4.78 is 1.55. The molecular formula is C15H25ClN4O. The molecule has 1 fully saturated rings. The Morgan fingerprint density at radius 3 is 2.81 bits per heavy atom. The van der Waals surface area contributed by atoms with Crippen LogP contribution in [-0.4, -0.2) is 41.9 Å². The maximum atomic E-state index is 12.4. The minimum atomic E-state index is -0.0954. The molecule has 0 saturated heterocycles. The quantitative estimate of drug-likeness (QED) is 0.749. The van der Waals surface area contributed by atoms with Crippen LogP contribution in [0.4, 0.5) is 5.69 Å². The van der Waals surface area contributed by atoms with Crippen LogP contribution in [0.3, 0.4) is 0 Å². The molecular weight excluding hydrogens is 288 g/mol. The van der Waals surface area contributed by atoms with Crippen molar-refractivity contribution in [1.29, 1.82) is 0 Å². The Bertz CT molecular complexity index is 511. The average molecular weight is 313 g/mol. The van der Waals surface area contributed by atoms with Crippen LogP contribution in [0.5, 0.6) is 0 Å².